The van der Waals surface area contributed by atoms with Crippen LogP contribution in [0.5, 0.6) is 0 Å². The molecule has 0 aromatic heterocycles. The summed E-state index contributed by atoms with van der Waals surface area (Å²) in [7, 11) is 0. The highest BCUT2D eigenvalue weighted by Gasteiger charge is 2.09. The normalized spacial score (nSPS) is 17.5. The van der Waals surface area contributed by atoms with Gasteiger partial charge in [0.1, 0.15) is 0 Å². The number of hydrogen-bond acceptors (Lipinski definition) is 1. The van der Waals surface area contributed by atoms with Crippen molar-refractivity contribution in [2.75, 3.05) is 0 Å². The van der Waals surface area contributed by atoms with Crippen molar-refractivity contribution in [2.24, 2.45) is 11.7 Å². The zero-order chi connectivity index (χ0) is 7.94. The molecule has 1 saturated carbocycles. The summed E-state index contributed by atoms with van der Waals surface area (Å²) in [6, 6.07) is 2.28. The molecule has 1 heteroatoms. The minimum absolute atomic E-state index is 0.588. The fraction of sp³-hybridized carbons (Fsp3) is 0.600. The van der Waals surface area contributed by atoms with Crippen LogP contribution < -0.4 is 5.73 Å². The van der Waals surface area contributed by atoms with Crippen molar-refractivity contribution in [1.29, 1.82) is 0 Å². The number of nitrogens with two attached hydrogens (primary N) is 1. The molecule has 0 amide bonds. The summed E-state index contributed by atoms with van der Waals surface area (Å²) in [4.78, 5) is 0. The van der Waals surface area contributed by atoms with Gasteiger partial charge >= 0.3 is 0 Å². The highest BCUT2D eigenvalue weighted by atomic mass is 14.4. The molecule has 0 bridgehead atoms. The molecule has 0 heterocycles. The highest BCUT2D eigenvalue weighted by molar-refractivity contribution is 5.25. The first-order valence-electron chi connectivity index (χ1n) is 4.14. The standard InChI is InChI=1S/C10H13N/c11-9-5-4-8-10-6-2-1-3-7-10/h10H,1-3,6-7,11H2. The summed E-state index contributed by atoms with van der Waals surface area (Å²) in [6.45, 7) is 0. The Morgan fingerprint density at radius 2 is 1.73 bits per heavy atom. The summed E-state index contributed by atoms with van der Waals surface area (Å²) in [5.74, 6) is 9.04. The molecular formula is C10H13N. The minimum Gasteiger partial charge on any atom is -0.359 e. The van der Waals surface area contributed by atoms with Crippen LogP contribution in [0.4, 0.5) is 0 Å². The molecule has 2 N–H and O–H groups in total. The van der Waals surface area contributed by atoms with E-state index in [9.17, 15) is 0 Å². The van der Waals surface area contributed by atoms with E-state index in [2.05, 4.69) is 23.8 Å². The van der Waals surface area contributed by atoms with Gasteiger partial charge < -0.3 is 5.73 Å². The van der Waals surface area contributed by atoms with Crippen LogP contribution in [0.25, 0.3) is 0 Å². The van der Waals surface area contributed by atoms with E-state index in [4.69, 9.17) is 5.73 Å². The van der Waals surface area contributed by atoms with Crippen LogP contribution in [0.2, 0.25) is 0 Å². The van der Waals surface area contributed by atoms with Crippen molar-refractivity contribution in [3.05, 3.63) is 0 Å². The van der Waals surface area contributed by atoms with Crippen molar-refractivity contribution in [2.45, 2.75) is 32.1 Å². The van der Waals surface area contributed by atoms with E-state index in [0.29, 0.717) is 5.92 Å². The average molecular weight is 147 g/mol. The lowest BCUT2D eigenvalue weighted by atomic mass is 9.90. The zero-order valence-electron chi connectivity index (χ0n) is 6.69. The van der Waals surface area contributed by atoms with Crippen molar-refractivity contribution in [3.63, 3.8) is 0 Å². The van der Waals surface area contributed by atoms with Crippen LogP contribution in [0.1, 0.15) is 32.1 Å². The molecule has 0 saturated heterocycles. The van der Waals surface area contributed by atoms with Crippen molar-refractivity contribution in [3.8, 4) is 23.8 Å². The van der Waals surface area contributed by atoms with Gasteiger partial charge in [-0.2, -0.15) is 0 Å². The van der Waals surface area contributed by atoms with E-state index in [1.807, 2.05) is 0 Å². The average Bonchev–Trinajstić information content (AvgIpc) is 2.07. The maximum absolute atomic E-state index is 4.98. The monoisotopic (exact) mass is 147 g/mol. The van der Waals surface area contributed by atoms with E-state index in [-0.39, 0.29) is 0 Å². The summed E-state index contributed by atoms with van der Waals surface area (Å²) in [5.41, 5.74) is 4.98. The Balaban J connectivity index is 2.34. The molecule has 0 atom stereocenters. The second kappa shape index (κ2) is 4.69. The van der Waals surface area contributed by atoms with Gasteiger partial charge in [0.2, 0.25) is 0 Å². The van der Waals surface area contributed by atoms with Gasteiger partial charge in [0.15, 0.2) is 0 Å². The molecule has 11 heavy (non-hydrogen) atoms. The molecular weight excluding hydrogens is 134 g/mol. The van der Waals surface area contributed by atoms with Gasteiger partial charge in [0.25, 0.3) is 0 Å². The van der Waals surface area contributed by atoms with Crippen molar-refractivity contribution >= 4 is 0 Å². The zero-order valence-corrected chi connectivity index (χ0v) is 6.69. The first kappa shape index (κ1) is 8.02. The Morgan fingerprint density at radius 3 is 2.36 bits per heavy atom. The van der Waals surface area contributed by atoms with Crippen LogP contribution >= 0.6 is 0 Å². The largest absolute Gasteiger partial charge is 0.359 e. The molecule has 0 aliphatic heterocycles. The third-order valence-corrected chi connectivity index (χ3v) is 2.02. The third kappa shape index (κ3) is 3.01. The Bertz CT molecular complexity index is 215. The second-order valence-electron chi connectivity index (χ2n) is 2.87. The van der Waals surface area contributed by atoms with Gasteiger partial charge in [0, 0.05) is 17.9 Å². The molecule has 58 valence electrons. The van der Waals surface area contributed by atoms with Gasteiger partial charge in [0.05, 0.1) is 0 Å². The number of hydrogen-bond donors (Lipinski definition) is 1. The first-order valence-corrected chi connectivity index (χ1v) is 4.14. The SMILES string of the molecule is NC#CC#CC1CCCCC1. The topological polar surface area (TPSA) is 26.0 Å². The fourth-order valence-corrected chi connectivity index (χ4v) is 1.42. The minimum atomic E-state index is 0.588. The molecule has 0 radical (unpaired) electrons. The Labute approximate surface area is 68.4 Å². The van der Waals surface area contributed by atoms with Crippen LogP contribution in [0.15, 0.2) is 0 Å². The molecule has 1 aliphatic rings. The van der Waals surface area contributed by atoms with Gasteiger partial charge in [-0.1, -0.05) is 25.2 Å². The molecule has 1 fully saturated rings. The Morgan fingerprint density at radius 1 is 1.00 bits per heavy atom. The van der Waals surface area contributed by atoms with E-state index >= 15 is 0 Å². The molecule has 1 nitrogen and oxygen atoms in total. The lowest BCUT2D eigenvalue weighted by Gasteiger charge is -2.14. The van der Waals surface area contributed by atoms with Gasteiger partial charge in [-0.05, 0) is 18.8 Å². The van der Waals surface area contributed by atoms with Gasteiger partial charge in [-0.25, -0.2) is 0 Å². The predicted octanol–water partition coefficient (Wildman–Crippen LogP) is 1.49. The van der Waals surface area contributed by atoms with E-state index < -0.39 is 0 Å². The Kier molecular flexibility index (Phi) is 3.42. The summed E-state index contributed by atoms with van der Waals surface area (Å²) < 4.78 is 0. The van der Waals surface area contributed by atoms with Crippen molar-refractivity contribution in [1.82, 2.24) is 0 Å². The maximum Gasteiger partial charge on any atom is 0.0213 e. The summed E-state index contributed by atoms with van der Waals surface area (Å²) in [5, 5.41) is 0. The van der Waals surface area contributed by atoms with E-state index in [1.165, 1.54) is 32.1 Å². The second-order valence-corrected chi connectivity index (χ2v) is 2.87. The predicted molar refractivity (Wildman–Crippen MR) is 46.3 cm³/mol. The summed E-state index contributed by atoms with van der Waals surface area (Å²) in [6.07, 6.45) is 6.53. The van der Waals surface area contributed by atoms with Crippen LogP contribution in [-0.2, 0) is 0 Å². The molecule has 0 aromatic rings. The van der Waals surface area contributed by atoms with Gasteiger partial charge in [-0.3, -0.25) is 0 Å². The van der Waals surface area contributed by atoms with Crippen LogP contribution in [0, 0.1) is 29.7 Å². The van der Waals surface area contributed by atoms with Crippen LogP contribution in [-0.4, -0.2) is 0 Å². The van der Waals surface area contributed by atoms with Crippen LogP contribution in [0.3, 0.4) is 0 Å². The Hall–Kier alpha value is -1.08. The summed E-state index contributed by atoms with van der Waals surface area (Å²) >= 11 is 0. The maximum atomic E-state index is 4.98. The molecule has 1 aliphatic carbocycles. The fourth-order valence-electron chi connectivity index (χ4n) is 1.42. The van der Waals surface area contributed by atoms with E-state index in [1.54, 1.807) is 0 Å². The van der Waals surface area contributed by atoms with Gasteiger partial charge in [-0.15, -0.1) is 0 Å². The number of rotatable bonds is 0. The quantitative estimate of drug-likeness (QED) is 0.407. The molecule has 0 spiro atoms. The third-order valence-electron chi connectivity index (χ3n) is 2.02. The lowest BCUT2D eigenvalue weighted by molar-refractivity contribution is 0.430. The molecule has 1 rings (SSSR count). The lowest BCUT2D eigenvalue weighted by Crippen LogP contribution is -2.02. The smallest absolute Gasteiger partial charge is 0.0213 e. The molecule has 0 unspecified atom stereocenters. The van der Waals surface area contributed by atoms with Crippen molar-refractivity contribution < 1.29 is 0 Å². The highest BCUT2D eigenvalue weighted by Crippen LogP contribution is 2.22. The first-order chi connectivity index (χ1) is 5.43. The van der Waals surface area contributed by atoms with E-state index in [0.717, 1.165) is 0 Å². The molecule has 0 aromatic carbocycles.